The standard InChI is InChI=1S/C22H23NO5/c1-15(16-6-4-3-5-7-16)23-13-18(12-21(23)25)22(26)28-14-20(24)17-8-10-19(27-2)11-9-17/h3-11,15,18H,12-14H2,1-2H3/t15-,18+/m1/s1. The zero-order valence-electron chi connectivity index (χ0n) is 16.0. The fraction of sp³-hybridized carbons (Fsp3) is 0.318. The molecule has 1 aliphatic rings. The van der Waals surface area contributed by atoms with Crippen LogP contribution in [-0.4, -0.2) is 42.8 Å². The number of nitrogens with zero attached hydrogens (tertiary/aromatic N) is 1. The number of methoxy groups -OCH3 is 1. The van der Waals surface area contributed by atoms with Gasteiger partial charge in [-0.15, -0.1) is 0 Å². The van der Waals surface area contributed by atoms with Gasteiger partial charge in [0.2, 0.25) is 5.91 Å². The monoisotopic (exact) mass is 381 g/mol. The number of carbonyl (C=O) groups excluding carboxylic acids is 3. The quantitative estimate of drug-likeness (QED) is 0.544. The van der Waals surface area contributed by atoms with Gasteiger partial charge in [0.1, 0.15) is 5.75 Å². The lowest BCUT2D eigenvalue weighted by Gasteiger charge is -2.25. The normalized spacial score (nSPS) is 17.3. The van der Waals surface area contributed by atoms with Crippen molar-refractivity contribution < 1.29 is 23.9 Å². The van der Waals surface area contributed by atoms with Crippen molar-refractivity contribution in [1.82, 2.24) is 4.90 Å². The molecule has 0 bridgehead atoms. The van der Waals surface area contributed by atoms with E-state index in [-0.39, 0.29) is 30.8 Å². The molecule has 1 fully saturated rings. The van der Waals surface area contributed by atoms with Crippen LogP contribution in [0.25, 0.3) is 0 Å². The van der Waals surface area contributed by atoms with Crippen LogP contribution < -0.4 is 4.74 Å². The molecule has 6 nitrogen and oxygen atoms in total. The lowest BCUT2D eigenvalue weighted by molar-refractivity contribution is -0.147. The number of hydrogen-bond acceptors (Lipinski definition) is 5. The van der Waals surface area contributed by atoms with Crippen LogP contribution in [-0.2, 0) is 14.3 Å². The summed E-state index contributed by atoms with van der Waals surface area (Å²) in [5.41, 5.74) is 1.45. The number of esters is 1. The van der Waals surface area contributed by atoms with E-state index < -0.39 is 11.9 Å². The lowest BCUT2D eigenvalue weighted by atomic mass is 10.1. The minimum atomic E-state index is -0.553. The minimum absolute atomic E-state index is 0.0835. The van der Waals surface area contributed by atoms with Gasteiger partial charge in [-0.3, -0.25) is 14.4 Å². The van der Waals surface area contributed by atoms with Gasteiger partial charge in [0.25, 0.3) is 0 Å². The molecule has 0 saturated carbocycles. The second kappa shape index (κ2) is 8.69. The first-order valence-electron chi connectivity index (χ1n) is 9.18. The molecule has 6 heteroatoms. The Labute approximate surface area is 164 Å². The zero-order chi connectivity index (χ0) is 20.1. The molecule has 0 radical (unpaired) electrons. The molecule has 2 aromatic rings. The maximum Gasteiger partial charge on any atom is 0.311 e. The van der Waals surface area contributed by atoms with Gasteiger partial charge >= 0.3 is 5.97 Å². The van der Waals surface area contributed by atoms with Crippen molar-refractivity contribution in [3.63, 3.8) is 0 Å². The van der Waals surface area contributed by atoms with E-state index in [9.17, 15) is 14.4 Å². The fourth-order valence-electron chi connectivity index (χ4n) is 3.29. The average Bonchev–Trinajstić information content (AvgIpc) is 3.13. The molecule has 0 unspecified atom stereocenters. The third-order valence-electron chi connectivity index (χ3n) is 5.00. The highest BCUT2D eigenvalue weighted by Crippen LogP contribution is 2.29. The Hall–Kier alpha value is -3.15. The second-order valence-corrected chi connectivity index (χ2v) is 6.79. The number of likely N-dealkylation sites (tertiary alicyclic amines) is 1. The van der Waals surface area contributed by atoms with Gasteiger partial charge in [0.15, 0.2) is 12.4 Å². The molecule has 2 atom stereocenters. The van der Waals surface area contributed by atoms with Crippen LogP contribution in [0.4, 0.5) is 0 Å². The maximum absolute atomic E-state index is 12.4. The average molecular weight is 381 g/mol. The first-order chi connectivity index (χ1) is 13.5. The second-order valence-electron chi connectivity index (χ2n) is 6.79. The Bertz CT molecular complexity index is 847. The minimum Gasteiger partial charge on any atom is -0.497 e. The largest absolute Gasteiger partial charge is 0.497 e. The van der Waals surface area contributed by atoms with E-state index in [2.05, 4.69) is 0 Å². The van der Waals surface area contributed by atoms with Gasteiger partial charge in [-0.2, -0.15) is 0 Å². The molecular weight excluding hydrogens is 358 g/mol. The van der Waals surface area contributed by atoms with Gasteiger partial charge in [-0.05, 0) is 36.8 Å². The summed E-state index contributed by atoms with van der Waals surface area (Å²) in [6.07, 6.45) is 0.104. The zero-order valence-corrected chi connectivity index (χ0v) is 16.0. The summed E-state index contributed by atoms with van der Waals surface area (Å²) in [7, 11) is 1.55. The number of benzene rings is 2. The van der Waals surface area contributed by atoms with Crippen LogP contribution in [0.3, 0.4) is 0 Å². The van der Waals surface area contributed by atoms with Gasteiger partial charge in [-0.1, -0.05) is 30.3 Å². The van der Waals surface area contributed by atoms with Crippen LogP contribution in [0, 0.1) is 5.92 Å². The molecule has 146 valence electrons. The maximum atomic E-state index is 12.4. The van der Waals surface area contributed by atoms with E-state index in [0.29, 0.717) is 17.9 Å². The topological polar surface area (TPSA) is 72.9 Å². The van der Waals surface area contributed by atoms with E-state index in [1.807, 2.05) is 37.3 Å². The van der Waals surface area contributed by atoms with Crippen LogP contribution in [0.1, 0.15) is 35.3 Å². The van der Waals surface area contributed by atoms with Gasteiger partial charge in [0.05, 0.1) is 19.1 Å². The molecule has 0 N–H and O–H groups in total. The summed E-state index contributed by atoms with van der Waals surface area (Å²) in [6.45, 7) is 1.89. The van der Waals surface area contributed by atoms with E-state index in [1.54, 1.807) is 36.3 Å². The molecule has 3 rings (SSSR count). The van der Waals surface area contributed by atoms with Gasteiger partial charge < -0.3 is 14.4 Å². The van der Waals surface area contributed by atoms with Crippen molar-refractivity contribution in [1.29, 1.82) is 0 Å². The third kappa shape index (κ3) is 4.39. The Balaban J connectivity index is 1.55. The molecular formula is C22H23NO5. The van der Waals surface area contributed by atoms with Crippen molar-refractivity contribution >= 4 is 17.7 Å². The van der Waals surface area contributed by atoms with Crippen molar-refractivity contribution in [2.45, 2.75) is 19.4 Å². The van der Waals surface area contributed by atoms with Crippen molar-refractivity contribution in [2.24, 2.45) is 5.92 Å². The molecule has 1 saturated heterocycles. The highest BCUT2D eigenvalue weighted by atomic mass is 16.5. The summed E-state index contributed by atoms with van der Waals surface area (Å²) in [4.78, 5) is 38.6. The van der Waals surface area contributed by atoms with Crippen LogP contribution >= 0.6 is 0 Å². The predicted octanol–water partition coefficient (Wildman–Crippen LogP) is 3.03. The van der Waals surface area contributed by atoms with Gasteiger partial charge in [-0.25, -0.2) is 0 Å². The van der Waals surface area contributed by atoms with Crippen LogP contribution in [0.15, 0.2) is 54.6 Å². The highest BCUT2D eigenvalue weighted by Gasteiger charge is 2.38. The van der Waals surface area contributed by atoms with Crippen molar-refractivity contribution in [3.8, 4) is 5.75 Å². The summed E-state index contributed by atoms with van der Waals surface area (Å²) in [5.74, 6) is -0.805. The van der Waals surface area contributed by atoms with Crippen molar-refractivity contribution in [2.75, 3.05) is 20.3 Å². The number of rotatable bonds is 7. The van der Waals surface area contributed by atoms with Crippen LogP contribution in [0.2, 0.25) is 0 Å². The first kappa shape index (κ1) is 19.6. The SMILES string of the molecule is COc1ccc(C(=O)COC(=O)[C@H]2CC(=O)N([C@H](C)c3ccccc3)C2)cc1. The van der Waals surface area contributed by atoms with E-state index in [1.165, 1.54) is 0 Å². The van der Waals surface area contributed by atoms with E-state index >= 15 is 0 Å². The van der Waals surface area contributed by atoms with E-state index in [0.717, 1.165) is 5.56 Å². The van der Waals surface area contributed by atoms with Gasteiger partial charge in [0, 0.05) is 18.5 Å². The Kier molecular flexibility index (Phi) is 6.09. The fourth-order valence-corrected chi connectivity index (χ4v) is 3.29. The third-order valence-corrected chi connectivity index (χ3v) is 5.00. The molecule has 0 spiro atoms. The van der Waals surface area contributed by atoms with E-state index in [4.69, 9.17) is 9.47 Å². The number of ketones is 1. The Morgan fingerprint density at radius 1 is 1.11 bits per heavy atom. The number of carbonyl (C=O) groups is 3. The Morgan fingerprint density at radius 2 is 1.79 bits per heavy atom. The number of Topliss-reactive ketones (excluding diaryl/α,β-unsaturated/α-hetero) is 1. The number of amides is 1. The Morgan fingerprint density at radius 3 is 2.43 bits per heavy atom. The molecule has 1 heterocycles. The molecule has 2 aromatic carbocycles. The summed E-state index contributed by atoms with van der Waals surface area (Å²) in [5, 5.41) is 0. The summed E-state index contributed by atoms with van der Waals surface area (Å²) >= 11 is 0. The smallest absolute Gasteiger partial charge is 0.311 e. The molecule has 1 amide bonds. The number of ether oxygens (including phenoxy) is 2. The number of hydrogen-bond donors (Lipinski definition) is 0. The summed E-state index contributed by atoms with van der Waals surface area (Å²) < 4.78 is 10.2. The molecule has 0 aromatic heterocycles. The van der Waals surface area contributed by atoms with Crippen molar-refractivity contribution in [3.05, 3.63) is 65.7 Å². The van der Waals surface area contributed by atoms with Crippen LogP contribution in [0.5, 0.6) is 5.75 Å². The molecule has 1 aliphatic heterocycles. The first-order valence-corrected chi connectivity index (χ1v) is 9.18. The molecule has 28 heavy (non-hydrogen) atoms. The molecule has 0 aliphatic carbocycles. The highest BCUT2D eigenvalue weighted by molar-refractivity contribution is 5.98. The lowest BCUT2D eigenvalue weighted by Crippen LogP contribution is -2.30. The predicted molar refractivity (Wildman–Crippen MR) is 103 cm³/mol. The summed E-state index contributed by atoms with van der Waals surface area (Å²) in [6, 6.07) is 16.1.